The molecule has 0 aliphatic heterocycles. The molecule has 0 fully saturated rings. The first kappa shape index (κ1) is 20.0. The lowest BCUT2D eigenvalue weighted by Gasteiger charge is -1.94. The van der Waals surface area contributed by atoms with Crippen molar-refractivity contribution in [1.29, 1.82) is 0 Å². The molecule has 1 rings (SSSR count). The first-order valence-corrected chi connectivity index (χ1v) is 4.92. The van der Waals surface area contributed by atoms with Crippen LogP contribution in [0.15, 0.2) is 44.7 Å². The SMILES string of the molecule is Cl.Cl.NC(N)=N/N=C\c1cccc(/C=N\N=C(N)N)c1. The predicted molar refractivity (Wildman–Crippen MR) is 87.7 cm³/mol. The zero-order valence-electron chi connectivity index (χ0n) is 10.4. The lowest BCUT2D eigenvalue weighted by Crippen LogP contribution is -2.21. The van der Waals surface area contributed by atoms with Gasteiger partial charge in [0.25, 0.3) is 0 Å². The van der Waals surface area contributed by atoms with Crippen LogP contribution in [0.1, 0.15) is 11.1 Å². The van der Waals surface area contributed by atoms with Crippen LogP contribution in [0.4, 0.5) is 0 Å². The van der Waals surface area contributed by atoms with Gasteiger partial charge in [0, 0.05) is 0 Å². The zero-order valence-corrected chi connectivity index (χ0v) is 12.0. The van der Waals surface area contributed by atoms with Gasteiger partial charge >= 0.3 is 0 Å². The van der Waals surface area contributed by atoms with Gasteiger partial charge < -0.3 is 22.9 Å². The molecule has 0 saturated carbocycles. The van der Waals surface area contributed by atoms with Gasteiger partial charge in [-0.3, -0.25) is 0 Å². The maximum atomic E-state index is 5.13. The van der Waals surface area contributed by atoms with E-state index in [1.165, 1.54) is 12.4 Å². The molecular formula is C10H16Cl2N8. The molecule has 20 heavy (non-hydrogen) atoms. The third-order valence-corrected chi connectivity index (χ3v) is 1.67. The van der Waals surface area contributed by atoms with Crippen molar-refractivity contribution in [1.82, 2.24) is 0 Å². The summed E-state index contributed by atoms with van der Waals surface area (Å²) in [5.41, 5.74) is 22.2. The standard InChI is InChI=1S/C10H14N8.2ClH/c11-9(12)17-15-5-7-2-1-3-8(4-7)6-16-18-10(13)14;;/h1-6H,(H4,11,12,17)(H4,13,14,18);2*1H/b15-5-,16-6-;;. The summed E-state index contributed by atoms with van der Waals surface area (Å²) in [4.78, 5) is 0. The largest absolute Gasteiger partial charge is 0.369 e. The van der Waals surface area contributed by atoms with Crippen molar-refractivity contribution in [3.63, 3.8) is 0 Å². The minimum atomic E-state index is -0.100. The number of hydrogen-bond donors (Lipinski definition) is 4. The molecule has 0 radical (unpaired) electrons. The van der Waals surface area contributed by atoms with Gasteiger partial charge in [-0.2, -0.15) is 10.2 Å². The highest BCUT2D eigenvalue weighted by Crippen LogP contribution is 2.01. The Balaban J connectivity index is 0. The molecule has 0 aliphatic carbocycles. The monoisotopic (exact) mass is 318 g/mol. The van der Waals surface area contributed by atoms with E-state index in [1.54, 1.807) is 0 Å². The van der Waals surface area contributed by atoms with Gasteiger partial charge in [-0.05, 0) is 17.2 Å². The molecule has 0 aromatic heterocycles. The van der Waals surface area contributed by atoms with Crippen LogP contribution in [0.25, 0.3) is 0 Å². The molecule has 8 N–H and O–H groups in total. The summed E-state index contributed by atoms with van der Waals surface area (Å²) >= 11 is 0. The lowest BCUT2D eigenvalue weighted by atomic mass is 10.1. The summed E-state index contributed by atoms with van der Waals surface area (Å²) in [6.45, 7) is 0. The second-order valence-electron chi connectivity index (χ2n) is 3.21. The van der Waals surface area contributed by atoms with E-state index in [9.17, 15) is 0 Å². The molecule has 0 aliphatic rings. The first-order valence-electron chi connectivity index (χ1n) is 4.92. The van der Waals surface area contributed by atoms with Crippen molar-refractivity contribution in [3.8, 4) is 0 Å². The van der Waals surface area contributed by atoms with Crippen LogP contribution in [-0.4, -0.2) is 24.3 Å². The van der Waals surface area contributed by atoms with Crippen molar-refractivity contribution in [3.05, 3.63) is 35.4 Å². The fraction of sp³-hybridized carbons (Fsp3) is 0. The fourth-order valence-electron chi connectivity index (χ4n) is 1.04. The van der Waals surface area contributed by atoms with E-state index >= 15 is 0 Å². The molecule has 0 unspecified atom stereocenters. The molecule has 8 nitrogen and oxygen atoms in total. The molecule has 1 aromatic rings. The predicted octanol–water partition coefficient (Wildman–Crippen LogP) is -0.255. The van der Waals surface area contributed by atoms with Crippen molar-refractivity contribution in [2.24, 2.45) is 43.3 Å². The molecule has 110 valence electrons. The molecule has 0 bridgehead atoms. The second-order valence-corrected chi connectivity index (χ2v) is 3.21. The zero-order chi connectivity index (χ0) is 13.4. The smallest absolute Gasteiger partial charge is 0.211 e. The van der Waals surface area contributed by atoms with Gasteiger partial charge in [-0.15, -0.1) is 35.0 Å². The van der Waals surface area contributed by atoms with Crippen LogP contribution >= 0.6 is 24.8 Å². The third kappa shape index (κ3) is 8.72. The average molecular weight is 319 g/mol. The summed E-state index contributed by atoms with van der Waals surface area (Å²) in [6.07, 6.45) is 3.02. The summed E-state index contributed by atoms with van der Waals surface area (Å²) in [7, 11) is 0. The Hall–Kier alpha value is -2.32. The summed E-state index contributed by atoms with van der Waals surface area (Å²) in [5, 5.41) is 14.4. The van der Waals surface area contributed by atoms with Gasteiger partial charge in [0.15, 0.2) is 0 Å². The fourth-order valence-corrected chi connectivity index (χ4v) is 1.04. The van der Waals surface area contributed by atoms with E-state index in [0.29, 0.717) is 0 Å². The molecule has 10 heteroatoms. The van der Waals surface area contributed by atoms with E-state index in [4.69, 9.17) is 22.9 Å². The molecule has 0 saturated heterocycles. The van der Waals surface area contributed by atoms with E-state index in [-0.39, 0.29) is 36.7 Å². The van der Waals surface area contributed by atoms with Crippen molar-refractivity contribution in [2.75, 3.05) is 0 Å². The van der Waals surface area contributed by atoms with Crippen LogP contribution in [0.3, 0.4) is 0 Å². The van der Waals surface area contributed by atoms with Crippen LogP contribution in [0.5, 0.6) is 0 Å². The van der Waals surface area contributed by atoms with Crippen LogP contribution in [0.2, 0.25) is 0 Å². The average Bonchev–Trinajstić information content (AvgIpc) is 2.28. The van der Waals surface area contributed by atoms with Gasteiger partial charge in [0.05, 0.1) is 12.4 Å². The quantitative estimate of drug-likeness (QED) is 0.343. The number of rotatable bonds is 4. The van der Waals surface area contributed by atoms with Crippen molar-refractivity contribution < 1.29 is 0 Å². The minimum Gasteiger partial charge on any atom is -0.369 e. The second kappa shape index (κ2) is 10.6. The summed E-state index contributed by atoms with van der Waals surface area (Å²) < 4.78 is 0. The summed E-state index contributed by atoms with van der Waals surface area (Å²) in [5.74, 6) is -0.201. The maximum Gasteiger partial charge on any atom is 0.211 e. The van der Waals surface area contributed by atoms with Crippen LogP contribution in [-0.2, 0) is 0 Å². The molecule has 0 heterocycles. The number of nitrogens with zero attached hydrogens (tertiary/aromatic N) is 4. The lowest BCUT2D eigenvalue weighted by molar-refractivity contribution is 1.21. The van der Waals surface area contributed by atoms with Gasteiger partial charge in [-0.25, -0.2) is 0 Å². The Morgan fingerprint density at radius 3 is 1.55 bits per heavy atom. The van der Waals surface area contributed by atoms with Crippen molar-refractivity contribution >= 4 is 49.2 Å². The van der Waals surface area contributed by atoms with E-state index in [0.717, 1.165) is 11.1 Å². The normalized spacial score (nSPS) is 9.60. The Morgan fingerprint density at radius 1 is 0.800 bits per heavy atom. The highest BCUT2D eigenvalue weighted by molar-refractivity contribution is 5.87. The number of hydrogen-bond acceptors (Lipinski definition) is 4. The van der Waals surface area contributed by atoms with Gasteiger partial charge in [0.1, 0.15) is 0 Å². The Bertz CT molecular complexity index is 472. The molecule has 0 amide bonds. The van der Waals surface area contributed by atoms with Crippen LogP contribution < -0.4 is 22.9 Å². The van der Waals surface area contributed by atoms with E-state index in [1.807, 2.05) is 24.3 Å². The van der Waals surface area contributed by atoms with Crippen LogP contribution in [0, 0.1) is 0 Å². The van der Waals surface area contributed by atoms with E-state index < -0.39 is 0 Å². The highest BCUT2D eigenvalue weighted by atomic mass is 35.5. The molecule has 1 aromatic carbocycles. The van der Waals surface area contributed by atoms with Crippen molar-refractivity contribution in [2.45, 2.75) is 0 Å². The Morgan fingerprint density at radius 2 is 1.20 bits per heavy atom. The Labute approximate surface area is 128 Å². The number of benzene rings is 1. The van der Waals surface area contributed by atoms with E-state index in [2.05, 4.69) is 20.4 Å². The number of nitrogens with two attached hydrogens (primary N) is 4. The molecular weight excluding hydrogens is 303 g/mol. The Kier molecular flexibility index (Phi) is 10.6. The van der Waals surface area contributed by atoms with Gasteiger partial charge in [0.2, 0.25) is 11.9 Å². The first-order chi connectivity index (χ1) is 8.58. The number of guanidine groups is 2. The maximum absolute atomic E-state index is 5.13. The number of halogens is 2. The highest BCUT2D eigenvalue weighted by Gasteiger charge is 1.90. The topological polar surface area (TPSA) is 154 Å². The molecule has 0 atom stereocenters. The third-order valence-electron chi connectivity index (χ3n) is 1.67. The van der Waals surface area contributed by atoms with Gasteiger partial charge in [-0.1, -0.05) is 18.2 Å². The molecule has 0 spiro atoms. The minimum absolute atomic E-state index is 0. The summed E-state index contributed by atoms with van der Waals surface area (Å²) in [6, 6.07) is 7.32.